The van der Waals surface area contributed by atoms with Gasteiger partial charge in [0.05, 0.1) is 11.4 Å². The van der Waals surface area contributed by atoms with Crippen molar-refractivity contribution in [1.82, 2.24) is 0 Å². The lowest BCUT2D eigenvalue weighted by Crippen LogP contribution is -1.98. The van der Waals surface area contributed by atoms with Gasteiger partial charge >= 0.3 is 0 Å². The van der Waals surface area contributed by atoms with Crippen molar-refractivity contribution in [2.75, 3.05) is 5.32 Å². The molecule has 1 nitrogen and oxygen atoms in total. The van der Waals surface area contributed by atoms with E-state index in [0.717, 1.165) is 0 Å². The predicted octanol–water partition coefficient (Wildman–Crippen LogP) is 5.64. The van der Waals surface area contributed by atoms with Crippen molar-refractivity contribution < 1.29 is 0 Å². The summed E-state index contributed by atoms with van der Waals surface area (Å²) in [5.74, 6) is 0. The molecule has 0 bridgehead atoms. The molecule has 2 heterocycles. The van der Waals surface area contributed by atoms with Gasteiger partial charge in [-0.15, -0.1) is 0 Å². The van der Waals surface area contributed by atoms with E-state index in [1.54, 1.807) is 11.3 Å². The maximum atomic E-state index is 3.42. The molecular formula is C16H13NS2. The molecule has 0 spiro atoms. The van der Waals surface area contributed by atoms with Gasteiger partial charge in [0.25, 0.3) is 0 Å². The number of hydrogen-bond acceptors (Lipinski definition) is 3. The number of para-hydroxylation sites is 2. The summed E-state index contributed by atoms with van der Waals surface area (Å²) >= 11 is 3.53. The lowest BCUT2D eigenvalue weighted by atomic mass is 10.2. The summed E-state index contributed by atoms with van der Waals surface area (Å²) in [6.45, 7) is 0. The highest BCUT2D eigenvalue weighted by Crippen LogP contribution is 2.43. The summed E-state index contributed by atoms with van der Waals surface area (Å²) < 4.78 is 0. The predicted molar refractivity (Wildman–Crippen MR) is 84.6 cm³/mol. The second-order valence-electron chi connectivity index (χ2n) is 4.01. The van der Waals surface area contributed by atoms with Crippen molar-refractivity contribution in [3.63, 3.8) is 0 Å². The average Bonchev–Trinajstić information content (AvgIpc) is 3.04. The Bertz CT molecular complexity index is 543. The number of thiophene rings is 1. The maximum Gasteiger partial charge on any atom is 0.0526 e. The molecule has 94 valence electrons. The highest BCUT2D eigenvalue weighted by molar-refractivity contribution is 7.99. The molecule has 3 heteroatoms. The van der Waals surface area contributed by atoms with Crippen molar-refractivity contribution in [2.24, 2.45) is 0 Å². The molecule has 2 aromatic carbocycles. The molecule has 0 radical (unpaired) electrons. The molecule has 1 N–H and O–H groups in total. The van der Waals surface area contributed by atoms with Crippen LogP contribution in [-0.4, -0.2) is 0 Å². The molecular weight excluding hydrogens is 270 g/mol. The lowest BCUT2D eigenvalue weighted by molar-refractivity contribution is 1.32. The number of benzene rings is 2. The fourth-order valence-corrected chi connectivity index (χ4v) is 3.25. The van der Waals surface area contributed by atoms with Crippen molar-refractivity contribution in [2.45, 2.75) is 9.79 Å². The van der Waals surface area contributed by atoms with Crippen LogP contribution >= 0.6 is 23.1 Å². The van der Waals surface area contributed by atoms with E-state index >= 15 is 0 Å². The molecule has 19 heavy (non-hydrogen) atoms. The molecule has 1 aromatic heterocycles. The minimum absolute atomic E-state index is 1.20. The first-order chi connectivity index (χ1) is 9.43. The van der Waals surface area contributed by atoms with Crippen LogP contribution < -0.4 is 5.32 Å². The minimum atomic E-state index is 1.20. The van der Waals surface area contributed by atoms with Gasteiger partial charge in [-0.3, -0.25) is 0 Å². The fourth-order valence-electron chi connectivity index (χ4n) is 1.81. The largest absolute Gasteiger partial charge is 0.354 e. The van der Waals surface area contributed by atoms with Gasteiger partial charge in [-0.1, -0.05) is 48.2 Å². The van der Waals surface area contributed by atoms with Gasteiger partial charge in [0.1, 0.15) is 0 Å². The Kier molecular flexibility index (Phi) is 3.86. The van der Waals surface area contributed by atoms with Crippen LogP contribution in [0, 0.1) is 0 Å². The molecule has 0 saturated carbocycles. The summed E-state index contributed by atoms with van der Waals surface area (Å²) in [7, 11) is 0. The molecule has 0 saturated heterocycles. The quantitative estimate of drug-likeness (QED) is 0.448. The van der Waals surface area contributed by atoms with Gasteiger partial charge in [0, 0.05) is 9.79 Å². The highest BCUT2D eigenvalue weighted by atomic mass is 32.2. The summed E-state index contributed by atoms with van der Waals surface area (Å²) in [5, 5.41) is 7.50. The Morgan fingerprint density at radius 2 is 1.16 bits per heavy atom. The highest BCUT2D eigenvalue weighted by Gasteiger charge is 2.13. The van der Waals surface area contributed by atoms with Crippen LogP contribution in [0.1, 0.15) is 0 Å². The Hall–Kier alpha value is -1.71. The van der Waals surface area contributed by atoms with Gasteiger partial charge in [-0.25, -0.2) is 0 Å². The maximum absolute atomic E-state index is 3.42. The van der Waals surface area contributed by atoms with E-state index in [-0.39, 0.29) is 0 Å². The van der Waals surface area contributed by atoms with Crippen molar-refractivity contribution in [3.8, 4) is 0 Å². The summed E-state index contributed by atoms with van der Waals surface area (Å²) in [6.07, 6.45) is 0. The van der Waals surface area contributed by atoms with Gasteiger partial charge in [0.15, 0.2) is 0 Å². The first-order valence-corrected chi connectivity index (χ1v) is 7.79. The number of rotatable bonds is 0. The topological polar surface area (TPSA) is 12.0 Å². The fraction of sp³-hybridized carbons (Fsp3) is 0. The molecule has 1 aliphatic rings. The van der Waals surface area contributed by atoms with E-state index in [4.69, 9.17) is 0 Å². The van der Waals surface area contributed by atoms with E-state index in [2.05, 4.69) is 53.8 Å². The third-order valence-corrected chi connectivity index (χ3v) is 4.47. The molecule has 0 amide bonds. The van der Waals surface area contributed by atoms with Crippen molar-refractivity contribution in [1.29, 1.82) is 0 Å². The standard InChI is InChI=1S/C12H9NS.C4H4S/c1-3-7-11-9(5-1)13-10-6-2-4-8-12(10)14-11;1-2-4-5-3-1/h1-8,13H;1-4H. The van der Waals surface area contributed by atoms with Crippen LogP contribution in [0.15, 0.2) is 81.2 Å². The van der Waals surface area contributed by atoms with Crippen molar-refractivity contribution in [3.05, 3.63) is 71.4 Å². The normalized spacial score (nSPS) is 11.4. The number of hydrogen-bond donors (Lipinski definition) is 1. The summed E-state index contributed by atoms with van der Waals surface area (Å²) in [6, 6.07) is 20.8. The Balaban J connectivity index is 0.000000187. The van der Waals surface area contributed by atoms with Crippen molar-refractivity contribution >= 4 is 34.5 Å². The van der Waals surface area contributed by atoms with Crippen LogP contribution in [0.4, 0.5) is 11.4 Å². The molecule has 0 atom stereocenters. The zero-order chi connectivity index (χ0) is 12.9. The third kappa shape index (κ3) is 3.00. The van der Waals surface area contributed by atoms with E-state index in [9.17, 15) is 0 Å². The second-order valence-corrected chi connectivity index (χ2v) is 5.91. The van der Waals surface area contributed by atoms with E-state index in [0.29, 0.717) is 0 Å². The first-order valence-electron chi connectivity index (χ1n) is 6.03. The lowest BCUT2D eigenvalue weighted by Gasteiger charge is -2.19. The van der Waals surface area contributed by atoms with Crippen LogP contribution in [-0.2, 0) is 0 Å². The van der Waals surface area contributed by atoms with Gasteiger partial charge in [-0.2, -0.15) is 11.3 Å². The van der Waals surface area contributed by atoms with Gasteiger partial charge in [0.2, 0.25) is 0 Å². The smallest absolute Gasteiger partial charge is 0.0526 e. The average molecular weight is 283 g/mol. The molecule has 4 rings (SSSR count). The third-order valence-electron chi connectivity index (χ3n) is 2.69. The second kappa shape index (κ2) is 5.95. The SMILES string of the molecule is c1ccc2c(c1)Nc1ccccc1S2.c1ccsc1. The van der Waals surface area contributed by atoms with Crippen LogP contribution in [0.3, 0.4) is 0 Å². The summed E-state index contributed by atoms with van der Waals surface area (Å²) in [5.41, 5.74) is 2.41. The van der Waals surface area contributed by atoms with E-state index in [1.807, 2.05) is 34.7 Å². The first kappa shape index (κ1) is 12.3. The Morgan fingerprint density at radius 1 is 0.632 bits per heavy atom. The van der Waals surface area contributed by atoms with E-state index < -0.39 is 0 Å². The van der Waals surface area contributed by atoms with Gasteiger partial charge in [-0.05, 0) is 35.0 Å². The number of nitrogens with one attached hydrogen (secondary N) is 1. The molecule has 3 aromatic rings. The van der Waals surface area contributed by atoms with Crippen LogP contribution in [0.25, 0.3) is 0 Å². The summed E-state index contributed by atoms with van der Waals surface area (Å²) in [4.78, 5) is 2.59. The van der Waals surface area contributed by atoms with Crippen LogP contribution in [0.2, 0.25) is 0 Å². The molecule has 0 unspecified atom stereocenters. The Labute approximate surface area is 121 Å². The van der Waals surface area contributed by atoms with Gasteiger partial charge < -0.3 is 5.32 Å². The van der Waals surface area contributed by atoms with E-state index in [1.165, 1.54) is 21.2 Å². The zero-order valence-electron chi connectivity index (χ0n) is 10.2. The minimum Gasteiger partial charge on any atom is -0.354 e. The van der Waals surface area contributed by atoms with Crippen LogP contribution in [0.5, 0.6) is 0 Å². The molecule has 0 fully saturated rings. The number of anilines is 2. The zero-order valence-corrected chi connectivity index (χ0v) is 11.9. The molecule has 0 aliphatic carbocycles. The Morgan fingerprint density at radius 3 is 1.63 bits per heavy atom. The monoisotopic (exact) mass is 283 g/mol. The molecule has 1 aliphatic heterocycles. The number of fused-ring (bicyclic) bond motifs is 2.